The monoisotopic (exact) mass is 464 g/mol. The molecular formula is C25H36O8. The molecule has 0 aliphatic carbocycles. The van der Waals surface area contributed by atoms with Gasteiger partial charge in [0.2, 0.25) is 0 Å². The quantitative estimate of drug-likeness (QED) is 0.382. The van der Waals surface area contributed by atoms with Crippen molar-refractivity contribution in [2.24, 2.45) is 0 Å². The number of methoxy groups -OCH3 is 1. The molecule has 0 amide bonds. The van der Waals surface area contributed by atoms with E-state index in [1.807, 2.05) is 52.0 Å². The molecular weight excluding hydrogens is 428 g/mol. The van der Waals surface area contributed by atoms with E-state index < -0.39 is 23.8 Å². The summed E-state index contributed by atoms with van der Waals surface area (Å²) in [5.74, 6) is -1.11. The van der Waals surface area contributed by atoms with Crippen LogP contribution in [0.4, 0.5) is 0 Å². The summed E-state index contributed by atoms with van der Waals surface area (Å²) < 4.78 is 41.0. The van der Waals surface area contributed by atoms with Crippen LogP contribution in [0.2, 0.25) is 0 Å². The Kier molecular flexibility index (Phi) is 8.53. The van der Waals surface area contributed by atoms with E-state index in [0.29, 0.717) is 26.2 Å². The minimum Gasteiger partial charge on any atom is -0.497 e. The zero-order chi connectivity index (χ0) is 24.1. The molecule has 0 bridgehead atoms. The van der Waals surface area contributed by atoms with Gasteiger partial charge < -0.3 is 33.2 Å². The molecule has 2 aliphatic rings. The van der Waals surface area contributed by atoms with Gasteiger partial charge in [0.1, 0.15) is 24.1 Å². The van der Waals surface area contributed by atoms with Crippen LogP contribution in [0.5, 0.6) is 5.75 Å². The van der Waals surface area contributed by atoms with Gasteiger partial charge in [-0.05, 0) is 58.7 Å². The average molecular weight is 465 g/mol. The first-order valence-electron chi connectivity index (χ1n) is 11.4. The lowest BCUT2D eigenvalue weighted by molar-refractivity contribution is -0.190. The Morgan fingerprint density at radius 2 is 1.85 bits per heavy atom. The van der Waals surface area contributed by atoms with Gasteiger partial charge in [-0.25, -0.2) is 4.79 Å². The highest BCUT2D eigenvalue weighted by atomic mass is 16.8. The third-order valence-electron chi connectivity index (χ3n) is 5.45. The molecule has 0 saturated carbocycles. The summed E-state index contributed by atoms with van der Waals surface area (Å²) in [4.78, 5) is 11.7. The van der Waals surface area contributed by atoms with Crippen molar-refractivity contribution in [3.8, 4) is 5.75 Å². The third kappa shape index (κ3) is 7.25. The third-order valence-corrected chi connectivity index (χ3v) is 5.45. The molecule has 0 N–H and O–H groups in total. The molecule has 2 fully saturated rings. The van der Waals surface area contributed by atoms with Crippen molar-refractivity contribution in [3.05, 3.63) is 42.0 Å². The number of hydrogen-bond donors (Lipinski definition) is 0. The molecule has 2 heterocycles. The lowest BCUT2D eigenvalue weighted by atomic mass is 10.0. The van der Waals surface area contributed by atoms with E-state index in [0.717, 1.165) is 11.3 Å². The van der Waals surface area contributed by atoms with Crippen LogP contribution in [0.25, 0.3) is 0 Å². The molecule has 2 saturated heterocycles. The van der Waals surface area contributed by atoms with Crippen molar-refractivity contribution in [2.75, 3.05) is 20.3 Å². The molecule has 2 aliphatic heterocycles. The van der Waals surface area contributed by atoms with Crippen LogP contribution >= 0.6 is 0 Å². The molecule has 1 aromatic rings. The predicted molar refractivity (Wildman–Crippen MR) is 121 cm³/mol. The zero-order valence-corrected chi connectivity index (χ0v) is 20.4. The highest BCUT2D eigenvalue weighted by Gasteiger charge is 2.50. The van der Waals surface area contributed by atoms with Crippen molar-refractivity contribution in [1.82, 2.24) is 0 Å². The molecule has 0 radical (unpaired) electrons. The van der Waals surface area contributed by atoms with Crippen LogP contribution in [0.15, 0.2) is 36.4 Å². The van der Waals surface area contributed by atoms with Crippen molar-refractivity contribution in [2.45, 2.75) is 83.6 Å². The SMILES string of the molecule is CCOC(=O)/C=C/C[C@H]1OC(C)(C)O[C@H]1[C@@H](OCc1ccc(OC)cc1)[C@H]1COC(C)(C)O1. The van der Waals surface area contributed by atoms with Gasteiger partial charge in [-0.2, -0.15) is 0 Å². The second-order valence-corrected chi connectivity index (χ2v) is 9.02. The lowest BCUT2D eigenvalue weighted by Gasteiger charge is -2.31. The van der Waals surface area contributed by atoms with E-state index in [2.05, 4.69) is 0 Å². The lowest BCUT2D eigenvalue weighted by Crippen LogP contribution is -2.46. The second-order valence-electron chi connectivity index (χ2n) is 9.02. The predicted octanol–water partition coefficient (Wildman–Crippen LogP) is 3.76. The summed E-state index contributed by atoms with van der Waals surface area (Å²) in [6, 6.07) is 7.71. The van der Waals surface area contributed by atoms with Gasteiger partial charge in [-0.15, -0.1) is 0 Å². The topological polar surface area (TPSA) is 81.7 Å². The van der Waals surface area contributed by atoms with Gasteiger partial charge in [0.15, 0.2) is 11.6 Å². The average Bonchev–Trinajstić information content (AvgIpc) is 3.27. The number of carbonyl (C=O) groups is 1. The molecule has 8 nitrogen and oxygen atoms in total. The molecule has 184 valence electrons. The van der Waals surface area contributed by atoms with Gasteiger partial charge in [-0.1, -0.05) is 18.2 Å². The number of benzene rings is 1. The van der Waals surface area contributed by atoms with E-state index in [1.165, 1.54) is 6.08 Å². The Labute approximate surface area is 196 Å². The fourth-order valence-corrected chi connectivity index (χ4v) is 4.02. The number of hydrogen-bond acceptors (Lipinski definition) is 8. The maximum atomic E-state index is 11.7. The smallest absolute Gasteiger partial charge is 0.330 e. The standard InChI is InChI=1S/C25H36O8/c1-7-28-21(26)10-8-9-19-23(33-25(4,5)31-19)22(20-16-30-24(2,3)32-20)29-15-17-11-13-18(27-6)14-12-17/h8,10-14,19-20,22-23H,7,9,15-16H2,1-6H3/b10-8+/t19-,20-,22+,23-/m1/s1. The maximum Gasteiger partial charge on any atom is 0.330 e. The first kappa shape index (κ1) is 25.6. The Morgan fingerprint density at radius 1 is 1.12 bits per heavy atom. The summed E-state index contributed by atoms with van der Waals surface area (Å²) >= 11 is 0. The van der Waals surface area contributed by atoms with Crippen LogP contribution < -0.4 is 4.74 Å². The van der Waals surface area contributed by atoms with Gasteiger partial charge in [0.05, 0.1) is 33.0 Å². The number of carbonyl (C=O) groups excluding carboxylic acids is 1. The molecule has 8 heteroatoms. The molecule has 0 unspecified atom stereocenters. The Morgan fingerprint density at radius 3 is 2.45 bits per heavy atom. The van der Waals surface area contributed by atoms with Crippen LogP contribution in [0.3, 0.4) is 0 Å². The summed E-state index contributed by atoms with van der Waals surface area (Å²) in [6.45, 7) is 10.3. The summed E-state index contributed by atoms with van der Waals surface area (Å²) in [7, 11) is 1.64. The second kappa shape index (κ2) is 11.0. The van der Waals surface area contributed by atoms with E-state index in [9.17, 15) is 4.79 Å². The maximum absolute atomic E-state index is 11.7. The van der Waals surface area contributed by atoms with E-state index in [-0.39, 0.29) is 18.2 Å². The summed E-state index contributed by atoms with van der Waals surface area (Å²) in [5, 5.41) is 0. The van der Waals surface area contributed by atoms with E-state index in [4.69, 9.17) is 33.2 Å². The zero-order valence-electron chi connectivity index (χ0n) is 20.4. The van der Waals surface area contributed by atoms with Crippen molar-refractivity contribution in [1.29, 1.82) is 0 Å². The van der Waals surface area contributed by atoms with Crippen LogP contribution in [-0.2, 0) is 39.8 Å². The number of rotatable bonds is 10. The molecule has 3 rings (SSSR count). The van der Waals surface area contributed by atoms with Crippen LogP contribution in [0.1, 0.15) is 46.6 Å². The van der Waals surface area contributed by atoms with E-state index >= 15 is 0 Å². The molecule has 4 atom stereocenters. The molecule has 33 heavy (non-hydrogen) atoms. The minimum atomic E-state index is -0.802. The highest BCUT2D eigenvalue weighted by Crippen LogP contribution is 2.37. The molecule has 0 aromatic heterocycles. The van der Waals surface area contributed by atoms with Crippen LogP contribution in [0, 0.1) is 0 Å². The highest BCUT2D eigenvalue weighted by molar-refractivity contribution is 5.81. The molecule has 1 aromatic carbocycles. The van der Waals surface area contributed by atoms with Gasteiger partial charge in [-0.3, -0.25) is 0 Å². The Hall–Kier alpha value is -1.97. The molecule has 0 spiro atoms. The van der Waals surface area contributed by atoms with E-state index in [1.54, 1.807) is 20.1 Å². The van der Waals surface area contributed by atoms with Crippen LogP contribution in [-0.4, -0.2) is 62.3 Å². The van der Waals surface area contributed by atoms with Crippen molar-refractivity contribution >= 4 is 5.97 Å². The minimum absolute atomic E-state index is 0.331. The first-order chi connectivity index (χ1) is 15.6. The largest absolute Gasteiger partial charge is 0.497 e. The van der Waals surface area contributed by atoms with Crippen molar-refractivity contribution in [3.63, 3.8) is 0 Å². The Balaban J connectivity index is 1.76. The number of esters is 1. The fraction of sp³-hybridized carbons (Fsp3) is 0.640. The normalized spacial score (nSPS) is 27.0. The van der Waals surface area contributed by atoms with Gasteiger partial charge >= 0.3 is 5.97 Å². The summed E-state index contributed by atoms with van der Waals surface area (Å²) in [5.41, 5.74) is 0.996. The van der Waals surface area contributed by atoms with Gasteiger partial charge in [0, 0.05) is 6.08 Å². The Bertz CT molecular complexity index is 801. The van der Waals surface area contributed by atoms with Crippen molar-refractivity contribution < 1.29 is 38.0 Å². The fourth-order valence-electron chi connectivity index (χ4n) is 4.02. The number of ether oxygens (including phenoxy) is 7. The van der Waals surface area contributed by atoms with Gasteiger partial charge in [0.25, 0.3) is 0 Å². The summed E-state index contributed by atoms with van der Waals surface area (Å²) in [6.07, 6.45) is 2.09. The first-order valence-corrected chi connectivity index (χ1v) is 11.4.